The fraction of sp³-hybridized carbons (Fsp3) is 1.00. The predicted molar refractivity (Wildman–Crippen MR) is 59.3 cm³/mol. The summed E-state index contributed by atoms with van der Waals surface area (Å²) in [6.07, 6.45) is 5.15. The van der Waals surface area contributed by atoms with Crippen LogP contribution in [0.25, 0.3) is 0 Å². The Morgan fingerprint density at radius 1 is 1.21 bits per heavy atom. The molecule has 0 rings (SSSR count). The quantitative estimate of drug-likeness (QED) is 0.561. The first-order valence-corrected chi connectivity index (χ1v) is 5.63. The van der Waals surface area contributed by atoms with Gasteiger partial charge in [0.25, 0.3) is 0 Å². The van der Waals surface area contributed by atoms with Crippen molar-refractivity contribution in [1.29, 1.82) is 0 Å². The number of ether oxygens (including phenoxy) is 1. The minimum Gasteiger partial charge on any atom is -0.396 e. The highest BCUT2D eigenvalue weighted by Gasteiger charge is 2.19. The van der Waals surface area contributed by atoms with E-state index >= 15 is 0 Å². The Morgan fingerprint density at radius 2 is 1.86 bits per heavy atom. The van der Waals surface area contributed by atoms with Crippen molar-refractivity contribution in [3.05, 3.63) is 0 Å². The van der Waals surface area contributed by atoms with Gasteiger partial charge in [0.2, 0.25) is 0 Å². The van der Waals surface area contributed by atoms with Crippen molar-refractivity contribution in [3.63, 3.8) is 0 Å². The van der Waals surface area contributed by atoms with Crippen LogP contribution in [-0.2, 0) is 4.74 Å². The van der Waals surface area contributed by atoms with Crippen molar-refractivity contribution in [2.75, 3.05) is 19.8 Å². The van der Waals surface area contributed by atoms with Gasteiger partial charge in [0, 0.05) is 19.8 Å². The lowest BCUT2D eigenvalue weighted by Crippen LogP contribution is -2.37. The van der Waals surface area contributed by atoms with Crippen LogP contribution in [0.3, 0.4) is 0 Å². The molecule has 0 aliphatic heterocycles. The molecular weight excluding hydrogens is 178 g/mol. The fourth-order valence-corrected chi connectivity index (χ4v) is 1.19. The van der Waals surface area contributed by atoms with Crippen LogP contribution in [0.15, 0.2) is 0 Å². The van der Waals surface area contributed by atoms with Gasteiger partial charge in [-0.1, -0.05) is 19.8 Å². The second-order valence-corrected chi connectivity index (χ2v) is 3.99. The molecule has 0 aromatic carbocycles. The molecule has 0 aromatic heterocycles. The van der Waals surface area contributed by atoms with Crippen LogP contribution >= 0.6 is 0 Å². The number of aliphatic hydroxyl groups excluding tert-OH is 1. The molecule has 3 N–H and O–H groups in total. The molecule has 0 heterocycles. The zero-order chi connectivity index (χ0) is 10.9. The Bertz CT molecular complexity index is 124. The van der Waals surface area contributed by atoms with E-state index in [0.29, 0.717) is 13.2 Å². The number of rotatable bonds is 9. The fourth-order valence-electron chi connectivity index (χ4n) is 1.19. The summed E-state index contributed by atoms with van der Waals surface area (Å²) < 4.78 is 5.72. The first kappa shape index (κ1) is 13.9. The maximum absolute atomic E-state index is 8.58. The highest BCUT2D eigenvalue weighted by atomic mass is 16.5. The standard InChI is InChI=1S/C11H25NO2/c1-3-11(2,10-12)14-9-7-5-4-6-8-13/h13H,3-10,12H2,1-2H3. The third-order valence-corrected chi connectivity index (χ3v) is 2.68. The third-order valence-electron chi connectivity index (χ3n) is 2.68. The van der Waals surface area contributed by atoms with Gasteiger partial charge in [-0.25, -0.2) is 0 Å². The molecule has 1 unspecified atom stereocenters. The third kappa shape index (κ3) is 6.35. The monoisotopic (exact) mass is 203 g/mol. The molecule has 0 radical (unpaired) electrons. The van der Waals surface area contributed by atoms with E-state index in [4.69, 9.17) is 15.6 Å². The molecule has 14 heavy (non-hydrogen) atoms. The van der Waals surface area contributed by atoms with E-state index in [1.807, 2.05) is 0 Å². The van der Waals surface area contributed by atoms with Gasteiger partial charge in [0.05, 0.1) is 5.60 Å². The highest BCUT2D eigenvalue weighted by Crippen LogP contribution is 2.14. The summed E-state index contributed by atoms with van der Waals surface area (Å²) in [5.41, 5.74) is 5.48. The first-order valence-electron chi connectivity index (χ1n) is 5.63. The number of aliphatic hydroxyl groups is 1. The number of unbranched alkanes of at least 4 members (excludes halogenated alkanes) is 3. The van der Waals surface area contributed by atoms with Crippen molar-refractivity contribution < 1.29 is 9.84 Å². The highest BCUT2D eigenvalue weighted by molar-refractivity contribution is 4.73. The molecule has 3 heteroatoms. The van der Waals surface area contributed by atoms with Crippen LogP contribution in [-0.4, -0.2) is 30.5 Å². The largest absolute Gasteiger partial charge is 0.396 e. The van der Waals surface area contributed by atoms with E-state index in [2.05, 4.69) is 13.8 Å². The van der Waals surface area contributed by atoms with Gasteiger partial charge in [-0.15, -0.1) is 0 Å². The van der Waals surface area contributed by atoms with E-state index in [1.54, 1.807) is 0 Å². The zero-order valence-electron chi connectivity index (χ0n) is 9.59. The van der Waals surface area contributed by atoms with Crippen LogP contribution in [0, 0.1) is 0 Å². The van der Waals surface area contributed by atoms with Crippen molar-refractivity contribution >= 4 is 0 Å². The summed E-state index contributed by atoms with van der Waals surface area (Å²) in [6, 6.07) is 0. The van der Waals surface area contributed by atoms with Crippen molar-refractivity contribution in [2.45, 2.75) is 51.6 Å². The minimum absolute atomic E-state index is 0.142. The average molecular weight is 203 g/mol. The maximum atomic E-state index is 8.58. The second-order valence-electron chi connectivity index (χ2n) is 3.99. The SMILES string of the molecule is CCC(C)(CN)OCCCCCCO. The molecule has 0 aliphatic rings. The summed E-state index contributed by atoms with van der Waals surface area (Å²) in [4.78, 5) is 0. The average Bonchev–Trinajstić information content (AvgIpc) is 2.23. The molecule has 0 saturated carbocycles. The van der Waals surface area contributed by atoms with Crippen LogP contribution in [0.1, 0.15) is 46.0 Å². The van der Waals surface area contributed by atoms with E-state index in [-0.39, 0.29) is 5.60 Å². The van der Waals surface area contributed by atoms with E-state index in [1.165, 1.54) is 0 Å². The molecule has 1 atom stereocenters. The Balaban J connectivity index is 3.34. The van der Waals surface area contributed by atoms with Gasteiger partial charge in [-0.05, 0) is 26.2 Å². The number of hydrogen-bond donors (Lipinski definition) is 2. The molecule has 86 valence electrons. The number of hydrogen-bond acceptors (Lipinski definition) is 3. The number of nitrogens with two attached hydrogens (primary N) is 1. The summed E-state index contributed by atoms with van der Waals surface area (Å²) in [5, 5.41) is 8.58. The minimum atomic E-state index is -0.142. The molecule has 0 bridgehead atoms. The molecule has 0 saturated heterocycles. The van der Waals surface area contributed by atoms with Gasteiger partial charge < -0.3 is 15.6 Å². The van der Waals surface area contributed by atoms with Gasteiger partial charge in [-0.3, -0.25) is 0 Å². The Hall–Kier alpha value is -0.120. The molecule has 0 fully saturated rings. The predicted octanol–water partition coefficient (Wildman–Crippen LogP) is 1.68. The van der Waals surface area contributed by atoms with E-state index in [9.17, 15) is 0 Å². The molecular formula is C11H25NO2. The summed E-state index contributed by atoms with van der Waals surface area (Å²) in [6.45, 7) is 5.82. The zero-order valence-corrected chi connectivity index (χ0v) is 9.59. The van der Waals surface area contributed by atoms with E-state index in [0.717, 1.165) is 38.7 Å². The van der Waals surface area contributed by atoms with Gasteiger partial charge >= 0.3 is 0 Å². The Morgan fingerprint density at radius 3 is 2.36 bits per heavy atom. The summed E-state index contributed by atoms with van der Waals surface area (Å²) in [7, 11) is 0. The Kier molecular flexibility index (Phi) is 8.14. The van der Waals surface area contributed by atoms with Crippen LogP contribution in [0.4, 0.5) is 0 Å². The lowest BCUT2D eigenvalue weighted by Gasteiger charge is -2.26. The summed E-state index contributed by atoms with van der Waals surface area (Å²) in [5.74, 6) is 0. The van der Waals surface area contributed by atoms with E-state index < -0.39 is 0 Å². The topological polar surface area (TPSA) is 55.5 Å². The normalized spacial score (nSPS) is 15.4. The van der Waals surface area contributed by atoms with Crippen molar-refractivity contribution in [3.8, 4) is 0 Å². The first-order chi connectivity index (χ1) is 6.68. The van der Waals surface area contributed by atoms with Crippen LogP contribution in [0.5, 0.6) is 0 Å². The van der Waals surface area contributed by atoms with Crippen molar-refractivity contribution in [2.24, 2.45) is 5.73 Å². The molecule has 0 amide bonds. The van der Waals surface area contributed by atoms with Crippen LogP contribution in [0.2, 0.25) is 0 Å². The van der Waals surface area contributed by atoms with Gasteiger partial charge in [0.1, 0.15) is 0 Å². The Labute approximate surface area is 87.6 Å². The maximum Gasteiger partial charge on any atom is 0.0773 e. The summed E-state index contributed by atoms with van der Waals surface area (Å²) >= 11 is 0. The molecule has 0 aromatic rings. The lowest BCUT2D eigenvalue weighted by atomic mass is 10.0. The van der Waals surface area contributed by atoms with Crippen molar-refractivity contribution in [1.82, 2.24) is 0 Å². The molecule has 0 aliphatic carbocycles. The molecule has 0 spiro atoms. The van der Waals surface area contributed by atoms with Crippen LogP contribution < -0.4 is 5.73 Å². The smallest absolute Gasteiger partial charge is 0.0773 e. The van der Waals surface area contributed by atoms with Gasteiger partial charge in [-0.2, -0.15) is 0 Å². The second kappa shape index (κ2) is 8.21. The van der Waals surface area contributed by atoms with Gasteiger partial charge in [0.15, 0.2) is 0 Å². The molecule has 3 nitrogen and oxygen atoms in total. The lowest BCUT2D eigenvalue weighted by molar-refractivity contribution is -0.0290.